The van der Waals surface area contributed by atoms with Crippen LogP contribution in [0, 0.1) is 6.92 Å². The van der Waals surface area contributed by atoms with Gasteiger partial charge in [-0.05, 0) is 41.8 Å². The molecule has 0 saturated carbocycles. The van der Waals surface area contributed by atoms with Crippen LogP contribution < -0.4 is 5.32 Å². The molecule has 0 amide bonds. The molecule has 0 bridgehead atoms. The van der Waals surface area contributed by atoms with Crippen molar-refractivity contribution in [1.29, 1.82) is 0 Å². The van der Waals surface area contributed by atoms with Crippen LogP contribution >= 0.6 is 0 Å². The average Bonchev–Trinajstić information content (AvgIpc) is 2.87. The Bertz CT molecular complexity index is 787. The average molecular weight is 275 g/mol. The minimum atomic E-state index is 0.777. The molecular formula is C18H17N3. The Labute approximate surface area is 124 Å². The first-order chi connectivity index (χ1) is 10.2. The number of aromatic nitrogens is 1. The van der Waals surface area contributed by atoms with E-state index in [9.17, 15) is 0 Å². The molecule has 2 aliphatic heterocycles. The van der Waals surface area contributed by atoms with E-state index in [1.807, 2.05) is 19.2 Å². The summed E-state index contributed by atoms with van der Waals surface area (Å²) in [5.41, 5.74) is 9.74. The molecule has 0 saturated heterocycles. The van der Waals surface area contributed by atoms with Gasteiger partial charge in [-0.1, -0.05) is 12.6 Å². The van der Waals surface area contributed by atoms with Gasteiger partial charge in [-0.25, -0.2) is 0 Å². The number of aliphatic imine (C=N–C) groups is 1. The second kappa shape index (κ2) is 4.55. The third kappa shape index (κ3) is 2.05. The standard InChI is InChI=1S/C18H17N3/c1-11-5-13(3-4-19-11)18-17-8-15-9-20-12(2)6-14(15)7-16(17)10-21-18/h3-5,7-8,20H,2,6,9-10H2,1H3. The van der Waals surface area contributed by atoms with Crippen molar-refractivity contribution in [2.45, 2.75) is 26.4 Å². The molecule has 0 fully saturated rings. The van der Waals surface area contributed by atoms with E-state index >= 15 is 0 Å². The molecule has 4 rings (SSSR count). The van der Waals surface area contributed by atoms with Gasteiger partial charge in [0.15, 0.2) is 0 Å². The summed E-state index contributed by atoms with van der Waals surface area (Å²) in [5.74, 6) is 0. The highest BCUT2D eigenvalue weighted by Crippen LogP contribution is 2.29. The molecule has 0 unspecified atom stereocenters. The number of hydrogen-bond acceptors (Lipinski definition) is 3. The van der Waals surface area contributed by atoms with E-state index in [4.69, 9.17) is 4.99 Å². The number of nitrogens with zero attached hydrogens (tertiary/aromatic N) is 2. The largest absolute Gasteiger partial charge is 0.384 e. The number of aryl methyl sites for hydroxylation is 1. The highest BCUT2D eigenvalue weighted by Gasteiger charge is 2.21. The van der Waals surface area contributed by atoms with E-state index in [2.05, 4.69) is 35.1 Å². The molecule has 2 aromatic rings. The molecule has 0 aliphatic carbocycles. The van der Waals surface area contributed by atoms with Crippen molar-refractivity contribution in [3.63, 3.8) is 0 Å². The number of fused-ring (bicyclic) bond motifs is 2. The molecule has 1 aromatic carbocycles. The van der Waals surface area contributed by atoms with Gasteiger partial charge >= 0.3 is 0 Å². The van der Waals surface area contributed by atoms with Gasteiger partial charge in [0, 0.05) is 41.7 Å². The van der Waals surface area contributed by atoms with E-state index in [0.717, 1.165) is 42.2 Å². The summed E-state index contributed by atoms with van der Waals surface area (Å²) in [6.45, 7) is 7.69. The Morgan fingerprint density at radius 2 is 2.05 bits per heavy atom. The van der Waals surface area contributed by atoms with Crippen molar-refractivity contribution in [2.75, 3.05) is 0 Å². The fraction of sp³-hybridized carbons (Fsp3) is 0.222. The molecule has 0 radical (unpaired) electrons. The summed E-state index contributed by atoms with van der Waals surface area (Å²) in [6, 6.07) is 8.75. The van der Waals surface area contributed by atoms with Crippen LogP contribution in [0.3, 0.4) is 0 Å². The smallest absolute Gasteiger partial charge is 0.0727 e. The number of pyridine rings is 1. The van der Waals surface area contributed by atoms with E-state index in [0.29, 0.717) is 0 Å². The van der Waals surface area contributed by atoms with Crippen molar-refractivity contribution in [1.82, 2.24) is 10.3 Å². The lowest BCUT2D eigenvalue weighted by Gasteiger charge is -2.21. The molecule has 1 aromatic heterocycles. The molecule has 2 aliphatic rings. The van der Waals surface area contributed by atoms with Gasteiger partial charge in [0.1, 0.15) is 0 Å². The number of hydrogen-bond donors (Lipinski definition) is 1. The maximum atomic E-state index is 4.75. The first-order valence-corrected chi connectivity index (χ1v) is 7.25. The van der Waals surface area contributed by atoms with E-state index in [1.165, 1.54) is 22.3 Å². The highest BCUT2D eigenvalue weighted by atomic mass is 14.9. The Morgan fingerprint density at radius 3 is 2.90 bits per heavy atom. The maximum Gasteiger partial charge on any atom is 0.0727 e. The minimum absolute atomic E-state index is 0.777. The summed E-state index contributed by atoms with van der Waals surface area (Å²) in [7, 11) is 0. The minimum Gasteiger partial charge on any atom is -0.384 e. The predicted molar refractivity (Wildman–Crippen MR) is 84.4 cm³/mol. The van der Waals surface area contributed by atoms with Gasteiger partial charge < -0.3 is 5.32 Å². The Morgan fingerprint density at radius 1 is 1.14 bits per heavy atom. The second-order valence-corrected chi connectivity index (χ2v) is 5.76. The maximum absolute atomic E-state index is 4.75. The normalized spacial score (nSPS) is 16.0. The van der Waals surface area contributed by atoms with Gasteiger partial charge in [0.25, 0.3) is 0 Å². The molecule has 3 heteroatoms. The van der Waals surface area contributed by atoms with Crippen LogP contribution in [-0.2, 0) is 19.5 Å². The first kappa shape index (κ1) is 12.3. The zero-order chi connectivity index (χ0) is 14.4. The molecule has 3 nitrogen and oxygen atoms in total. The number of allylic oxidation sites excluding steroid dienone is 1. The van der Waals surface area contributed by atoms with E-state index in [1.54, 1.807) is 0 Å². The van der Waals surface area contributed by atoms with Gasteiger partial charge in [0.05, 0.1) is 12.3 Å². The zero-order valence-electron chi connectivity index (χ0n) is 12.1. The Balaban J connectivity index is 1.79. The van der Waals surface area contributed by atoms with Gasteiger partial charge in [0.2, 0.25) is 0 Å². The molecule has 104 valence electrons. The third-order valence-corrected chi connectivity index (χ3v) is 4.19. The number of benzene rings is 1. The highest BCUT2D eigenvalue weighted by molar-refractivity contribution is 6.15. The molecular weight excluding hydrogens is 258 g/mol. The lowest BCUT2D eigenvalue weighted by molar-refractivity contribution is 0.737. The van der Waals surface area contributed by atoms with Gasteiger partial charge in [-0.2, -0.15) is 0 Å². The lowest BCUT2D eigenvalue weighted by Crippen LogP contribution is -2.21. The van der Waals surface area contributed by atoms with Crippen LogP contribution in [-0.4, -0.2) is 10.7 Å². The third-order valence-electron chi connectivity index (χ3n) is 4.19. The molecule has 3 heterocycles. The summed E-state index contributed by atoms with van der Waals surface area (Å²) in [4.78, 5) is 9.02. The zero-order valence-corrected chi connectivity index (χ0v) is 12.1. The Hall–Kier alpha value is -2.42. The lowest BCUT2D eigenvalue weighted by atomic mass is 9.91. The van der Waals surface area contributed by atoms with Crippen LogP contribution in [0.1, 0.15) is 33.5 Å². The van der Waals surface area contributed by atoms with E-state index in [-0.39, 0.29) is 0 Å². The summed E-state index contributed by atoms with van der Waals surface area (Å²) in [5, 5.41) is 3.35. The monoisotopic (exact) mass is 275 g/mol. The van der Waals surface area contributed by atoms with Crippen LogP contribution in [0.25, 0.3) is 0 Å². The number of rotatable bonds is 1. The van der Waals surface area contributed by atoms with Crippen LogP contribution in [0.2, 0.25) is 0 Å². The Kier molecular flexibility index (Phi) is 2.67. The quantitative estimate of drug-likeness (QED) is 0.869. The molecule has 0 spiro atoms. The molecule has 0 atom stereocenters. The summed E-state index contributed by atoms with van der Waals surface area (Å²) >= 11 is 0. The fourth-order valence-electron chi connectivity index (χ4n) is 3.12. The van der Waals surface area contributed by atoms with Crippen molar-refractivity contribution in [3.05, 3.63) is 76.2 Å². The van der Waals surface area contributed by atoms with Crippen molar-refractivity contribution >= 4 is 5.71 Å². The van der Waals surface area contributed by atoms with Crippen LogP contribution in [0.5, 0.6) is 0 Å². The fourth-order valence-corrected chi connectivity index (χ4v) is 3.12. The second-order valence-electron chi connectivity index (χ2n) is 5.76. The molecule has 21 heavy (non-hydrogen) atoms. The summed E-state index contributed by atoms with van der Waals surface area (Å²) < 4.78 is 0. The van der Waals surface area contributed by atoms with Crippen LogP contribution in [0.15, 0.2) is 47.7 Å². The topological polar surface area (TPSA) is 37.3 Å². The number of nitrogens with one attached hydrogen (secondary N) is 1. The van der Waals surface area contributed by atoms with E-state index < -0.39 is 0 Å². The molecule has 1 N–H and O–H groups in total. The first-order valence-electron chi connectivity index (χ1n) is 7.25. The van der Waals surface area contributed by atoms with Crippen molar-refractivity contribution in [3.8, 4) is 0 Å². The summed E-state index contributed by atoms with van der Waals surface area (Å²) in [6.07, 6.45) is 2.78. The SMILES string of the molecule is C=C1Cc2cc3c(cc2CN1)C(c1ccnc(C)c1)=NC3. The van der Waals surface area contributed by atoms with Gasteiger partial charge in [-0.3, -0.25) is 9.98 Å². The van der Waals surface area contributed by atoms with Crippen LogP contribution in [0.4, 0.5) is 0 Å². The van der Waals surface area contributed by atoms with Gasteiger partial charge in [-0.15, -0.1) is 0 Å². The van der Waals surface area contributed by atoms with Crippen molar-refractivity contribution in [2.24, 2.45) is 4.99 Å². The predicted octanol–water partition coefficient (Wildman–Crippen LogP) is 2.90. The van der Waals surface area contributed by atoms with Crippen molar-refractivity contribution < 1.29 is 0 Å².